The van der Waals surface area contributed by atoms with Crippen molar-refractivity contribution in [3.63, 3.8) is 0 Å². The smallest absolute Gasteiger partial charge is 0.119 e. The van der Waals surface area contributed by atoms with Crippen LogP contribution in [-0.4, -0.2) is 11.6 Å². The number of ether oxygens (including phenoxy) is 1. The van der Waals surface area contributed by atoms with Crippen molar-refractivity contribution in [1.29, 1.82) is 0 Å². The number of pyridine rings is 1. The Labute approximate surface area is 102 Å². The topological polar surface area (TPSA) is 22.1 Å². The van der Waals surface area contributed by atoms with Crippen LogP contribution < -0.4 is 4.74 Å². The Morgan fingerprint density at radius 2 is 1.82 bits per heavy atom. The molecule has 0 atom stereocenters. The molecule has 0 bridgehead atoms. The van der Waals surface area contributed by atoms with Gasteiger partial charge in [0.15, 0.2) is 0 Å². The molecular formula is C15H17NO. The maximum Gasteiger partial charge on any atom is 0.119 e. The first-order valence-corrected chi connectivity index (χ1v) is 5.89. The molecule has 0 saturated carbocycles. The maximum atomic E-state index is 5.64. The van der Waals surface area contributed by atoms with E-state index >= 15 is 0 Å². The van der Waals surface area contributed by atoms with Gasteiger partial charge in [0.25, 0.3) is 0 Å². The molecule has 0 aliphatic carbocycles. The molecule has 0 aliphatic heterocycles. The predicted octanol–water partition coefficient (Wildman–Crippen LogP) is 3.78. The minimum Gasteiger partial charge on any atom is -0.493 e. The van der Waals surface area contributed by atoms with Gasteiger partial charge in [-0.3, -0.25) is 4.98 Å². The number of hydrogen-bond acceptors (Lipinski definition) is 2. The van der Waals surface area contributed by atoms with Crippen LogP contribution in [0.5, 0.6) is 5.75 Å². The average molecular weight is 227 g/mol. The van der Waals surface area contributed by atoms with Gasteiger partial charge in [0.2, 0.25) is 0 Å². The van der Waals surface area contributed by atoms with Gasteiger partial charge in [0, 0.05) is 12.4 Å². The Hall–Kier alpha value is -1.83. The highest BCUT2D eigenvalue weighted by molar-refractivity contribution is 5.62. The summed E-state index contributed by atoms with van der Waals surface area (Å²) in [7, 11) is 0. The van der Waals surface area contributed by atoms with E-state index in [1.54, 1.807) is 6.20 Å². The lowest BCUT2D eigenvalue weighted by Crippen LogP contribution is -2.04. The minimum atomic E-state index is 0.549. The first-order valence-electron chi connectivity index (χ1n) is 5.89. The molecule has 1 heterocycles. The van der Waals surface area contributed by atoms with E-state index in [-0.39, 0.29) is 0 Å². The summed E-state index contributed by atoms with van der Waals surface area (Å²) >= 11 is 0. The standard InChI is InChI=1S/C15H17NO/c1-12(2)11-17-15-7-5-13(6-8-15)14-4-3-9-16-10-14/h3-10,12H,11H2,1-2H3. The molecule has 1 aromatic heterocycles. The van der Waals surface area contributed by atoms with Gasteiger partial charge < -0.3 is 4.74 Å². The van der Waals surface area contributed by atoms with Crippen molar-refractivity contribution < 1.29 is 4.74 Å². The fourth-order valence-corrected chi connectivity index (χ4v) is 1.54. The van der Waals surface area contributed by atoms with Gasteiger partial charge in [-0.05, 0) is 35.2 Å². The van der Waals surface area contributed by atoms with Crippen LogP contribution in [-0.2, 0) is 0 Å². The highest BCUT2D eigenvalue weighted by Crippen LogP contribution is 2.21. The molecule has 2 heteroatoms. The highest BCUT2D eigenvalue weighted by Gasteiger charge is 1.99. The lowest BCUT2D eigenvalue weighted by molar-refractivity contribution is 0.271. The number of aromatic nitrogens is 1. The SMILES string of the molecule is CC(C)COc1ccc(-c2cccnc2)cc1. The summed E-state index contributed by atoms with van der Waals surface area (Å²) in [6.07, 6.45) is 3.65. The van der Waals surface area contributed by atoms with Crippen LogP contribution in [0.25, 0.3) is 11.1 Å². The Balaban J connectivity index is 2.08. The maximum absolute atomic E-state index is 5.64. The minimum absolute atomic E-state index is 0.549. The second-order valence-electron chi connectivity index (χ2n) is 4.47. The molecule has 0 aliphatic rings. The quantitative estimate of drug-likeness (QED) is 0.793. The molecule has 0 unspecified atom stereocenters. The molecule has 2 aromatic rings. The van der Waals surface area contributed by atoms with Crippen LogP contribution in [0.4, 0.5) is 0 Å². The lowest BCUT2D eigenvalue weighted by Gasteiger charge is -2.09. The molecule has 0 fully saturated rings. The molecule has 2 rings (SSSR count). The number of benzene rings is 1. The molecule has 0 amide bonds. The third-order valence-electron chi connectivity index (χ3n) is 2.43. The summed E-state index contributed by atoms with van der Waals surface area (Å²) in [5.74, 6) is 1.47. The summed E-state index contributed by atoms with van der Waals surface area (Å²) < 4.78 is 5.64. The molecule has 2 nitrogen and oxygen atoms in total. The van der Waals surface area contributed by atoms with Crippen molar-refractivity contribution in [3.8, 4) is 16.9 Å². The van der Waals surface area contributed by atoms with E-state index < -0.39 is 0 Å². The van der Waals surface area contributed by atoms with Crippen LogP contribution in [0, 0.1) is 5.92 Å². The fourth-order valence-electron chi connectivity index (χ4n) is 1.54. The third kappa shape index (κ3) is 3.31. The zero-order chi connectivity index (χ0) is 12.1. The summed E-state index contributed by atoms with van der Waals surface area (Å²) in [6.45, 7) is 5.04. The van der Waals surface area contributed by atoms with E-state index in [0.717, 1.165) is 23.5 Å². The van der Waals surface area contributed by atoms with Gasteiger partial charge in [0.1, 0.15) is 5.75 Å². The Morgan fingerprint density at radius 3 is 2.41 bits per heavy atom. The summed E-state index contributed by atoms with van der Waals surface area (Å²) in [6, 6.07) is 12.1. The molecule has 1 aromatic carbocycles. The summed E-state index contributed by atoms with van der Waals surface area (Å²) in [5, 5.41) is 0. The van der Waals surface area contributed by atoms with Gasteiger partial charge >= 0.3 is 0 Å². The van der Waals surface area contributed by atoms with Crippen LogP contribution in [0.1, 0.15) is 13.8 Å². The van der Waals surface area contributed by atoms with Gasteiger partial charge in [-0.2, -0.15) is 0 Å². The van der Waals surface area contributed by atoms with E-state index in [2.05, 4.69) is 37.0 Å². The van der Waals surface area contributed by atoms with Crippen LogP contribution in [0.2, 0.25) is 0 Å². The molecule has 0 radical (unpaired) electrons. The lowest BCUT2D eigenvalue weighted by atomic mass is 10.1. The Morgan fingerprint density at radius 1 is 1.06 bits per heavy atom. The zero-order valence-electron chi connectivity index (χ0n) is 10.3. The fraction of sp³-hybridized carbons (Fsp3) is 0.267. The zero-order valence-corrected chi connectivity index (χ0v) is 10.3. The van der Waals surface area contributed by atoms with Crippen LogP contribution in [0.15, 0.2) is 48.8 Å². The molecule has 0 spiro atoms. The average Bonchev–Trinajstić information content (AvgIpc) is 2.38. The normalized spacial score (nSPS) is 10.5. The second-order valence-corrected chi connectivity index (χ2v) is 4.47. The van der Waals surface area contributed by atoms with Crippen molar-refractivity contribution in [2.24, 2.45) is 5.92 Å². The van der Waals surface area contributed by atoms with Crippen molar-refractivity contribution in [2.45, 2.75) is 13.8 Å². The van der Waals surface area contributed by atoms with Crippen molar-refractivity contribution >= 4 is 0 Å². The van der Waals surface area contributed by atoms with Crippen molar-refractivity contribution in [2.75, 3.05) is 6.61 Å². The van der Waals surface area contributed by atoms with Crippen molar-refractivity contribution in [3.05, 3.63) is 48.8 Å². The molecule has 0 saturated heterocycles. The summed E-state index contributed by atoms with van der Waals surface area (Å²) in [5.41, 5.74) is 2.29. The second kappa shape index (κ2) is 5.48. The molecular weight excluding hydrogens is 210 g/mol. The molecule has 17 heavy (non-hydrogen) atoms. The Bertz CT molecular complexity index is 448. The van der Waals surface area contributed by atoms with Gasteiger partial charge in [-0.25, -0.2) is 0 Å². The van der Waals surface area contributed by atoms with Crippen LogP contribution in [0.3, 0.4) is 0 Å². The first-order chi connectivity index (χ1) is 8.25. The largest absolute Gasteiger partial charge is 0.493 e. The van der Waals surface area contributed by atoms with E-state index in [1.807, 2.05) is 24.4 Å². The van der Waals surface area contributed by atoms with E-state index in [4.69, 9.17) is 4.74 Å². The van der Waals surface area contributed by atoms with E-state index in [1.165, 1.54) is 0 Å². The van der Waals surface area contributed by atoms with Crippen molar-refractivity contribution in [1.82, 2.24) is 4.98 Å². The van der Waals surface area contributed by atoms with Gasteiger partial charge in [-0.1, -0.05) is 32.0 Å². The summed E-state index contributed by atoms with van der Waals surface area (Å²) in [4.78, 5) is 4.11. The van der Waals surface area contributed by atoms with Crippen LogP contribution >= 0.6 is 0 Å². The monoisotopic (exact) mass is 227 g/mol. The number of nitrogens with zero attached hydrogens (tertiary/aromatic N) is 1. The first kappa shape index (κ1) is 11.6. The van der Waals surface area contributed by atoms with Gasteiger partial charge in [-0.15, -0.1) is 0 Å². The predicted molar refractivity (Wildman–Crippen MR) is 70.0 cm³/mol. The Kier molecular flexibility index (Phi) is 3.76. The van der Waals surface area contributed by atoms with Gasteiger partial charge in [0.05, 0.1) is 6.61 Å². The number of hydrogen-bond donors (Lipinski definition) is 0. The molecule has 88 valence electrons. The van der Waals surface area contributed by atoms with E-state index in [9.17, 15) is 0 Å². The number of rotatable bonds is 4. The van der Waals surface area contributed by atoms with E-state index in [0.29, 0.717) is 5.92 Å². The third-order valence-corrected chi connectivity index (χ3v) is 2.43. The highest BCUT2D eigenvalue weighted by atomic mass is 16.5. The molecule has 0 N–H and O–H groups in total.